The highest BCUT2D eigenvalue weighted by Crippen LogP contribution is 2.48. The van der Waals surface area contributed by atoms with Crippen LogP contribution in [0.1, 0.15) is 18.9 Å². The summed E-state index contributed by atoms with van der Waals surface area (Å²) in [6.45, 7) is 2.13. The minimum absolute atomic E-state index is 0.0175. The molecule has 0 unspecified atom stereocenters. The van der Waals surface area contributed by atoms with Gasteiger partial charge in [0.25, 0.3) is 0 Å². The minimum atomic E-state index is -0.922. The number of nitrogens with one attached hydrogen (secondary N) is 1. The van der Waals surface area contributed by atoms with Crippen LogP contribution in [-0.4, -0.2) is 28.7 Å². The van der Waals surface area contributed by atoms with E-state index >= 15 is 0 Å². The molecule has 2 aliphatic rings. The number of benzene rings is 1. The van der Waals surface area contributed by atoms with Crippen LogP contribution in [0.5, 0.6) is 5.75 Å². The molecule has 24 heavy (non-hydrogen) atoms. The van der Waals surface area contributed by atoms with Gasteiger partial charge in [0.05, 0.1) is 25.0 Å². The number of rotatable bonds is 6. The van der Waals surface area contributed by atoms with Crippen molar-refractivity contribution in [3.8, 4) is 5.75 Å². The van der Waals surface area contributed by atoms with Crippen LogP contribution < -0.4 is 10.1 Å². The zero-order valence-corrected chi connectivity index (χ0v) is 13.4. The topological polar surface area (TPSA) is 95.9 Å². The van der Waals surface area contributed by atoms with E-state index in [1.54, 1.807) is 18.2 Å². The SMILES string of the molecule is CCOc1ccc(NC(=O)[C@@H]2[C@@H](C(=O)O)[C@H]3C=C[C@H]2C3)cc1CO. The molecule has 3 N–H and O–H groups in total. The van der Waals surface area contributed by atoms with Crippen LogP contribution in [-0.2, 0) is 16.2 Å². The molecule has 3 rings (SSSR count). The Morgan fingerprint density at radius 3 is 2.58 bits per heavy atom. The maximum Gasteiger partial charge on any atom is 0.307 e. The molecule has 0 spiro atoms. The summed E-state index contributed by atoms with van der Waals surface area (Å²) in [5.41, 5.74) is 1.11. The zero-order valence-electron chi connectivity index (χ0n) is 13.4. The van der Waals surface area contributed by atoms with Crippen LogP contribution >= 0.6 is 0 Å². The molecule has 1 saturated carbocycles. The van der Waals surface area contributed by atoms with Crippen LogP contribution in [0.3, 0.4) is 0 Å². The average Bonchev–Trinajstić information content (AvgIpc) is 3.17. The Hall–Kier alpha value is -2.34. The van der Waals surface area contributed by atoms with Crippen molar-refractivity contribution in [3.05, 3.63) is 35.9 Å². The molecule has 128 valence electrons. The van der Waals surface area contributed by atoms with Gasteiger partial charge in [0.2, 0.25) is 5.91 Å². The molecule has 1 aromatic rings. The lowest BCUT2D eigenvalue weighted by atomic mass is 9.82. The van der Waals surface area contributed by atoms with Crippen molar-refractivity contribution < 1.29 is 24.5 Å². The second-order valence-corrected chi connectivity index (χ2v) is 6.24. The Bertz CT molecular complexity index is 684. The van der Waals surface area contributed by atoms with Gasteiger partial charge in [0, 0.05) is 11.3 Å². The highest BCUT2D eigenvalue weighted by Gasteiger charge is 2.51. The minimum Gasteiger partial charge on any atom is -0.494 e. The third kappa shape index (κ3) is 2.89. The molecule has 1 fully saturated rings. The van der Waals surface area contributed by atoms with E-state index in [2.05, 4.69) is 5.32 Å². The van der Waals surface area contributed by atoms with Crippen molar-refractivity contribution >= 4 is 17.6 Å². The van der Waals surface area contributed by atoms with Crippen molar-refractivity contribution in [2.24, 2.45) is 23.7 Å². The summed E-state index contributed by atoms with van der Waals surface area (Å²) in [5, 5.41) is 21.7. The normalized spacial score (nSPS) is 27.2. The summed E-state index contributed by atoms with van der Waals surface area (Å²) in [6.07, 6.45) is 4.58. The summed E-state index contributed by atoms with van der Waals surface area (Å²) in [4.78, 5) is 24.1. The van der Waals surface area contributed by atoms with Crippen LogP contribution in [0.4, 0.5) is 5.69 Å². The van der Waals surface area contributed by atoms with Crippen LogP contribution in [0, 0.1) is 23.7 Å². The fourth-order valence-corrected chi connectivity index (χ4v) is 3.82. The maximum absolute atomic E-state index is 12.6. The van der Waals surface area contributed by atoms with Gasteiger partial charge in [-0.05, 0) is 43.4 Å². The number of carbonyl (C=O) groups excluding carboxylic acids is 1. The summed E-state index contributed by atoms with van der Waals surface area (Å²) in [7, 11) is 0. The monoisotopic (exact) mass is 331 g/mol. The molecule has 1 aromatic carbocycles. The van der Waals surface area contributed by atoms with Gasteiger partial charge in [-0.15, -0.1) is 0 Å². The molecule has 0 aliphatic heterocycles. The smallest absolute Gasteiger partial charge is 0.307 e. The molecule has 0 saturated heterocycles. The van der Waals surface area contributed by atoms with E-state index in [1.165, 1.54) is 0 Å². The predicted molar refractivity (Wildman–Crippen MR) is 87.5 cm³/mol. The molecule has 2 bridgehead atoms. The zero-order chi connectivity index (χ0) is 17.3. The van der Waals surface area contributed by atoms with Gasteiger partial charge in [0.15, 0.2) is 0 Å². The van der Waals surface area contributed by atoms with E-state index in [9.17, 15) is 19.8 Å². The van der Waals surface area contributed by atoms with Crippen molar-refractivity contribution in [1.29, 1.82) is 0 Å². The van der Waals surface area contributed by atoms with Gasteiger partial charge < -0.3 is 20.3 Å². The van der Waals surface area contributed by atoms with Crippen molar-refractivity contribution in [3.63, 3.8) is 0 Å². The Morgan fingerprint density at radius 2 is 1.96 bits per heavy atom. The number of anilines is 1. The Kier molecular flexibility index (Phi) is 4.57. The Labute approximate surface area is 140 Å². The molecule has 0 aromatic heterocycles. The van der Waals surface area contributed by atoms with Crippen LogP contribution in [0.2, 0.25) is 0 Å². The van der Waals surface area contributed by atoms with Gasteiger partial charge in [-0.1, -0.05) is 12.2 Å². The van der Waals surface area contributed by atoms with Gasteiger partial charge in [-0.2, -0.15) is 0 Å². The number of aliphatic carboxylic acids is 1. The van der Waals surface area contributed by atoms with Crippen molar-refractivity contribution in [2.75, 3.05) is 11.9 Å². The third-order valence-electron chi connectivity index (χ3n) is 4.85. The number of ether oxygens (including phenoxy) is 1. The van der Waals surface area contributed by atoms with Crippen molar-refractivity contribution in [1.82, 2.24) is 0 Å². The van der Waals surface area contributed by atoms with E-state index in [4.69, 9.17) is 4.74 Å². The van der Waals surface area contributed by atoms with Gasteiger partial charge in [0.1, 0.15) is 5.75 Å². The highest BCUT2D eigenvalue weighted by atomic mass is 16.5. The molecule has 4 atom stereocenters. The second kappa shape index (κ2) is 6.65. The van der Waals surface area contributed by atoms with E-state index < -0.39 is 17.8 Å². The summed E-state index contributed by atoms with van der Waals surface area (Å²) >= 11 is 0. The maximum atomic E-state index is 12.6. The summed E-state index contributed by atoms with van der Waals surface area (Å²) in [6, 6.07) is 5.04. The first-order valence-electron chi connectivity index (χ1n) is 8.13. The van der Waals surface area contributed by atoms with E-state index in [-0.39, 0.29) is 24.3 Å². The molecule has 6 heteroatoms. The highest BCUT2D eigenvalue weighted by molar-refractivity contribution is 5.96. The summed E-state index contributed by atoms with van der Waals surface area (Å²) in [5.74, 6) is -1.93. The number of carboxylic acid groups (broad SMARTS) is 1. The molecular formula is C18H21NO5. The lowest BCUT2D eigenvalue weighted by Crippen LogP contribution is -2.36. The standard InChI is InChI=1S/C18H21NO5/c1-2-24-14-6-5-13(8-12(14)9-20)19-17(21)15-10-3-4-11(7-10)16(15)18(22)23/h3-6,8,10-11,15-16,20H,2,7,9H2,1H3,(H,19,21)(H,22,23)/t10-,11-,15-,16-/m0/s1. The van der Waals surface area contributed by atoms with Crippen LogP contribution in [0.25, 0.3) is 0 Å². The molecule has 2 aliphatic carbocycles. The molecular weight excluding hydrogens is 310 g/mol. The van der Waals surface area contributed by atoms with Gasteiger partial charge in [-0.3, -0.25) is 9.59 Å². The fraction of sp³-hybridized carbons (Fsp3) is 0.444. The first-order valence-corrected chi connectivity index (χ1v) is 8.13. The predicted octanol–water partition coefficient (Wildman–Crippen LogP) is 2.04. The Morgan fingerprint density at radius 1 is 1.25 bits per heavy atom. The first-order chi connectivity index (χ1) is 11.5. The molecule has 0 heterocycles. The number of carbonyl (C=O) groups is 2. The van der Waals surface area contributed by atoms with E-state index in [1.807, 2.05) is 19.1 Å². The lowest BCUT2D eigenvalue weighted by Gasteiger charge is -2.24. The van der Waals surface area contributed by atoms with Gasteiger partial charge in [-0.25, -0.2) is 0 Å². The quantitative estimate of drug-likeness (QED) is 0.693. The number of aliphatic hydroxyl groups is 1. The number of fused-ring (bicyclic) bond motifs is 2. The summed E-state index contributed by atoms with van der Waals surface area (Å²) < 4.78 is 5.42. The van der Waals surface area contributed by atoms with Gasteiger partial charge >= 0.3 is 5.97 Å². The fourth-order valence-electron chi connectivity index (χ4n) is 3.82. The number of aliphatic hydroxyl groups excluding tert-OH is 1. The lowest BCUT2D eigenvalue weighted by molar-refractivity contribution is -0.146. The largest absolute Gasteiger partial charge is 0.494 e. The number of allylic oxidation sites excluding steroid dienone is 2. The second-order valence-electron chi connectivity index (χ2n) is 6.24. The number of carboxylic acids is 1. The Balaban J connectivity index is 1.77. The van der Waals surface area contributed by atoms with Crippen LogP contribution in [0.15, 0.2) is 30.4 Å². The van der Waals surface area contributed by atoms with E-state index in [0.717, 1.165) is 6.42 Å². The number of hydrogen-bond acceptors (Lipinski definition) is 4. The number of hydrogen-bond donors (Lipinski definition) is 3. The average molecular weight is 331 g/mol. The molecule has 0 radical (unpaired) electrons. The van der Waals surface area contributed by atoms with Crippen molar-refractivity contribution in [2.45, 2.75) is 20.0 Å². The molecule has 1 amide bonds. The van der Waals surface area contributed by atoms with E-state index in [0.29, 0.717) is 23.6 Å². The first kappa shape index (κ1) is 16.5. The molecule has 6 nitrogen and oxygen atoms in total. The number of amides is 1. The third-order valence-corrected chi connectivity index (χ3v) is 4.85.